The van der Waals surface area contributed by atoms with Crippen LogP contribution in [0.25, 0.3) is 98.0 Å². The van der Waals surface area contributed by atoms with E-state index in [9.17, 15) is 0 Å². The molecule has 61 heavy (non-hydrogen) atoms. The van der Waals surface area contributed by atoms with Gasteiger partial charge >= 0.3 is 0 Å². The number of nitrogens with zero attached hydrogens (tertiary/aromatic N) is 4. The summed E-state index contributed by atoms with van der Waals surface area (Å²) >= 11 is 0. The first-order valence-electron chi connectivity index (χ1n) is 21.6. The van der Waals surface area contributed by atoms with Gasteiger partial charge in [0.05, 0.1) is 38.8 Å². The Bertz CT molecular complexity index is 3890. The Morgan fingerprint density at radius 2 is 0.951 bits per heavy atom. The van der Waals surface area contributed by atoms with Gasteiger partial charge in [0, 0.05) is 49.1 Å². The molecule has 13 rings (SSSR count). The van der Waals surface area contributed by atoms with E-state index in [2.05, 4.69) is 213 Å². The lowest BCUT2D eigenvalue weighted by molar-refractivity contribution is 0.591. The number of benzene rings is 8. The Kier molecular flexibility index (Phi) is 6.69. The molecule has 8 aromatic carbocycles. The van der Waals surface area contributed by atoms with Crippen molar-refractivity contribution in [3.63, 3.8) is 0 Å². The molecule has 0 radical (unpaired) electrons. The summed E-state index contributed by atoms with van der Waals surface area (Å²) in [6.45, 7) is 13.9. The molecule has 292 valence electrons. The maximum Gasteiger partial charge on any atom is 0.146 e. The van der Waals surface area contributed by atoms with E-state index in [0.717, 1.165) is 33.7 Å². The van der Waals surface area contributed by atoms with Gasteiger partial charge in [-0.2, -0.15) is 0 Å². The molecule has 4 heteroatoms. The zero-order valence-electron chi connectivity index (χ0n) is 35.3. The van der Waals surface area contributed by atoms with Gasteiger partial charge in [-0.25, -0.2) is 4.98 Å². The molecule has 4 nitrogen and oxygen atoms in total. The standard InChI is InChI=1S/C57H44N4/c1-56(2,3)35-25-26-46-41(29-35)42-27-34-18-14-16-24-40(34)50-51-47(60(46)54(42)50)32-45-49-39-23-15-13-17-33(39)28-43-44-30-36(57(4,5)6)31-48(52(44)61(53(43)49)55(45)58-51)59(37-19-9-7-10-20-37)38-21-11-8-12-22-38/h7-32H,1-6H3. The van der Waals surface area contributed by atoms with Crippen LogP contribution in [0.5, 0.6) is 0 Å². The monoisotopic (exact) mass is 784 g/mol. The average molecular weight is 785 g/mol. The molecule has 0 fully saturated rings. The largest absolute Gasteiger partial charge is 0.308 e. The molecule has 0 spiro atoms. The fraction of sp³-hybridized carbons (Fsp3) is 0.140. The summed E-state index contributed by atoms with van der Waals surface area (Å²) in [6.07, 6.45) is 0. The number of aromatic nitrogens is 3. The summed E-state index contributed by atoms with van der Waals surface area (Å²) < 4.78 is 5.04. The molecular formula is C57H44N4. The lowest BCUT2D eigenvalue weighted by atomic mass is 9.85. The minimum Gasteiger partial charge on any atom is -0.308 e. The van der Waals surface area contributed by atoms with Gasteiger partial charge in [-0.1, -0.05) is 133 Å². The Morgan fingerprint density at radius 3 is 1.59 bits per heavy atom. The summed E-state index contributed by atoms with van der Waals surface area (Å²) in [7, 11) is 0. The molecule has 0 atom stereocenters. The first-order valence-corrected chi connectivity index (χ1v) is 21.6. The SMILES string of the molecule is CC(C)(C)c1ccc2c(c1)c1cc3ccccc3c3c4nc5c(cc4n2c13)c1c2ccccc2cc2c3cc(C(C)(C)C)cc(N(c4ccccc4)c4ccccc4)c3n5c21. The zero-order valence-corrected chi connectivity index (χ0v) is 35.3. The molecule has 0 aliphatic heterocycles. The highest BCUT2D eigenvalue weighted by Crippen LogP contribution is 2.51. The van der Waals surface area contributed by atoms with Crippen molar-refractivity contribution in [1.29, 1.82) is 0 Å². The number of pyridine rings is 1. The van der Waals surface area contributed by atoms with Gasteiger partial charge in [0.2, 0.25) is 0 Å². The molecule has 0 aliphatic carbocycles. The highest BCUT2D eigenvalue weighted by molar-refractivity contribution is 6.35. The molecule has 0 amide bonds. The molecular weight excluding hydrogens is 741 g/mol. The van der Waals surface area contributed by atoms with Crippen LogP contribution in [0.4, 0.5) is 17.1 Å². The van der Waals surface area contributed by atoms with E-state index < -0.39 is 0 Å². The summed E-state index contributed by atoms with van der Waals surface area (Å²) in [4.78, 5) is 8.42. The van der Waals surface area contributed by atoms with Crippen LogP contribution in [0.2, 0.25) is 0 Å². The minimum absolute atomic E-state index is 0.0335. The highest BCUT2D eigenvalue weighted by Gasteiger charge is 2.30. The van der Waals surface area contributed by atoms with Crippen LogP contribution in [-0.4, -0.2) is 13.8 Å². The van der Waals surface area contributed by atoms with Crippen molar-refractivity contribution in [2.75, 3.05) is 4.90 Å². The third kappa shape index (κ3) is 4.62. The van der Waals surface area contributed by atoms with Crippen molar-refractivity contribution in [3.05, 3.63) is 169 Å². The fourth-order valence-electron chi connectivity index (χ4n) is 10.6. The average Bonchev–Trinajstić information content (AvgIpc) is 3.98. The Morgan fingerprint density at radius 1 is 0.410 bits per heavy atom. The molecule has 0 aliphatic rings. The van der Waals surface area contributed by atoms with Gasteiger partial charge in [-0.15, -0.1) is 0 Å². The predicted molar refractivity (Wildman–Crippen MR) is 261 cm³/mol. The summed E-state index contributed by atoms with van der Waals surface area (Å²) in [5, 5.41) is 13.7. The van der Waals surface area contributed by atoms with E-state index in [1.807, 2.05) is 0 Å². The predicted octanol–water partition coefficient (Wildman–Crippen LogP) is 15.8. The van der Waals surface area contributed by atoms with E-state index in [0.29, 0.717) is 0 Å². The third-order valence-electron chi connectivity index (χ3n) is 13.6. The number of hydrogen-bond acceptors (Lipinski definition) is 2. The van der Waals surface area contributed by atoms with Gasteiger partial charge in [-0.05, 0) is 110 Å². The van der Waals surface area contributed by atoms with Crippen molar-refractivity contribution in [1.82, 2.24) is 13.8 Å². The van der Waals surface area contributed by atoms with Gasteiger partial charge in [0.25, 0.3) is 0 Å². The Labute approximate surface area is 353 Å². The molecule has 0 saturated carbocycles. The van der Waals surface area contributed by atoms with Crippen LogP contribution in [0.3, 0.4) is 0 Å². The van der Waals surface area contributed by atoms with Crippen LogP contribution in [-0.2, 0) is 10.8 Å². The van der Waals surface area contributed by atoms with E-state index in [1.54, 1.807) is 0 Å². The number of para-hydroxylation sites is 2. The minimum atomic E-state index is -0.0964. The second-order valence-electron chi connectivity index (χ2n) is 19.3. The van der Waals surface area contributed by atoms with Crippen molar-refractivity contribution in [2.24, 2.45) is 0 Å². The summed E-state index contributed by atoms with van der Waals surface area (Å²) in [6, 6.07) is 58.8. The molecule has 0 N–H and O–H groups in total. The number of hydrogen-bond donors (Lipinski definition) is 0. The summed E-state index contributed by atoms with van der Waals surface area (Å²) in [5.74, 6) is 0. The van der Waals surface area contributed by atoms with Crippen molar-refractivity contribution in [3.8, 4) is 0 Å². The van der Waals surface area contributed by atoms with E-state index >= 15 is 0 Å². The van der Waals surface area contributed by atoms with Crippen molar-refractivity contribution < 1.29 is 0 Å². The van der Waals surface area contributed by atoms with Crippen LogP contribution < -0.4 is 4.90 Å². The molecule has 5 aromatic heterocycles. The molecule has 0 unspecified atom stereocenters. The third-order valence-corrected chi connectivity index (χ3v) is 13.6. The van der Waals surface area contributed by atoms with Crippen LogP contribution in [0, 0.1) is 0 Å². The number of rotatable bonds is 3. The lowest BCUT2D eigenvalue weighted by Gasteiger charge is -2.29. The molecule has 0 saturated heterocycles. The van der Waals surface area contributed by atoms with Crippen LogP contribution in [0.15, 0.2) is 158 Å². The fourth-order valence-corrected chi connectivity index (χ4v) is 10.6. The second-order valence-corrected chi connectivity index (χ2v) is 19.3. The van der Waals surface area contributed by atoms with E-state index in [4.69, 9.17) is 4.98 Å². The van der Waals surface area contributed by atoms with Crippen LogP contribution >= 0.6 is 0 Å². The normalized spacial score (nSPS) is 13.1. The zero-order chi connectivity index (χ0) is 41.1. The van der Waals surface area contributed by atoms with Crippen LogP contribution in [0.1, 0.15) is 52.7 Å². The first kappa shape index (κ1) is 34.7. The highest BCUT2D eigenvalue weighted by atomic mass is 15.2. The first-order chi connectivity index (χ1) is 29.5. The molecule has 5 heterocycles. The Balaban J connectivity index is 1.28. The number of anilines is 3. The van der Waals surface area contributed by atoms with E-state index in [1.165, 1.54) is 92.4 Å². The van der Waals surface area contributed by atoms with Crippen molar-refractivity contribution in [2.45, 2.75) is 52.4 Å². The maximum absolute atomic E-state index is 5.97. The van der Waals surface area contributed by atoms with Gasteiger partial charge in [-0.3, -0.25) is 4.40 Å². The molecule has 0 bridgehead atoms. The second kappa shape index (κ2) is 11.8. The van der Waals surface area contributed by atoms with Gasteiger partial charge in [0.1, 0.15) is 5.65 Å². The smallest absolute Gasteiger partial charge is 0.146 e. The van der Waals surface area contributed by atoms with E-state index in [-0.39, 0.29) is 10.8 Å². The van der Waals surface area contributed by atoms with Crippen molar-refractivity contribution >= 4 is 115 Å². The maximum atomic E-state index is 5.97. The number of fused-ring (bicyclic) bond motifs is 16. The van der Waals surface area contributed by atoms with Gasteiger partial charge in [0.15, 0.2) is 0 Å². The summed E-state index contributed by atoms with van der Waals surface area (Å²) in [5.41, 5.74) is 14.0. The molecule has 13 aromatic rings. The van der Waals surface area contributed by atoms with Gasteiger partial charge < -0.3 is 9.30 Å². The quantitative estimate of drug-likeness (QED) is 0.178. The Hall–Kier alpha value is -7.17. The lowest BCUT2D eigenvalue weighted by Crippen LogP contribution is -2.15. The topological polar surface area (TPSA) is 24.9 Å².